The van der Waals surface area contributed by atoms with Gasteiger partial charge in [0.2, 0.25) is 10.0 Å². The zero-order chi connectivity index (χ0) is 23.0. The van der Waals surface area contributed by atoms with Crippen LogP contribution in [0.5, 0.6) is 5.75 Å². The zero-order valence-electron chi connectivity index (χ0n) is 17.3. The van der Waals surface area contributed by atoms with Crippen molar-refractivity contribution in [1.82, 2.24) is 10.0 Å². The van der Waals surface area contributed by atoms with Crippen molar-refractivity contribution in [3.05, 3.63) is 78.3 Å². The molecule has 0 bridgehead atoms. The minimum atomic E-state index is -3.74. The first kappa shape index (κ1) is 23.0. The van der Waals surface area contributed by atoms with Gasteiger partial charge in [0.15, 0.2) is 6.61 Å². The van der Waals surface area contributed by atoms with Crippen molar-refractivity contribution in [2.75, 3.05) is 18.5 Å². The summed E-state index contributed by atoms with van der Waals surface area (Å²) in [5.74, 6) is 0.371. The number of carbonyl (C=O) groups excluding carboxylic acids is 2. The molecule has 0 saturated carbocycles. The number of hydrogen-bond acceptors (Lipinski definition) is 6. The van der Waals surface area contributed by atoms with E-state index in [9.17, 15) is 18.0 Å². The predicted octanol–water partition coefficient (Wildman–Crippen LogP) is 2.53. The molecule has 0 atom stereocenters. The maximum atomic E-state index is 12.5. The fourth-order valence-electron chi connectivity index (χ4n) is 2.68. The standard InChI is InChI=1S/C22H23N3O6S/c1-2-23-21(26)15-31-18-9-7-17(8-10-18)25-22(27)16-5-11-20(12-6-16)32(28,29)24-14-19-4-3-13-30-19/h3-13,24H,2,14-15H2,1H3,(H,23,26)(H,25,27). The van der Waals surface area contributed by atoms with Crippen molar-refractivity contribution >= 4 is 27.5 Å². The van der Waals surface area contributed by atoms with Gasteiger partial charge in [-0.25, -0.2) is 13.1 Å². The molecule has 0 saturated heterocycles. The van der Waals surface area contributed by atoms with Gasteiger partial charge < -0.3 is 19.8 Å². The summed E-state index contributed by atoms with van der Waals surface area (Å²) in [6.45, 7) is 2.29. The van der Waals surface area contributed by atoms with Crippen LogP contribution in [-0.2, 0) is 21.4 Å². The molecule has 10 heteroatoms. The Balaban J connectivity index is 1.55. The van der Waals surface area contributed by atoms with E-state index in [4.69, 9.17) is 9.15 Å². The van der Waals surface area contributed by atoms with Crippen LogP contribution in [0.1, 0.15) is 23.0 Å². The summed E-state index contributed by atoms with van der Waals surface area (Å²) in [5, 5.41) is 5.35. The van der Waals surface area contributed by atoms with Gasteiger partial charge in [0, 0.05) is 17.8 Å². The van der Waals surface area contributed by atoms with Crippen molar-refractivity contribution in [2.45, 2.75) is 18.4 Å². The molecular formula is C22H23N3O6S. The number of hydrogen-bond donors (Lipinski definition) is 3. The number of benzene rings is 2. The molecule has 3 aromatic rings. The summed E-state index contributed by atoms with van der Waals surface area (Å²) in [6.07, 6.45) is 1.46. The topological polar surface area (TPSA) is 127 Å². The fraction of sp³-hybridized carbons (Fsp3) is 0.182. The Morgan fingerprint density at radius 2 is 1.72 bits per heavy atom. The molecule has 1 heterocycles. The monoisotopic (exact) mass is 457 g/mol. The van der Waals surface area contributed by atoms with Crippen molar-refractivity contribution in [1.29, 1.82) is 0 Å². The number of ether oxygens (including phenoxy) is 1. The van der Waals surface area contributed by atoms with E-state index in [0.717, 1.165) is 0 Å². The molecule has 0 aliphatic heterocycles. The molecule has 0 aliphatic rings. The number of anilines is 1. The van der Waals surface area contributed by atoms with Gasteiger partial charge in [-0.2, -0.15) is 0 Å². The van der Waals surface area contributed by atoms with Crippen LogP contribution in [0.25, 0.3) is 0 Å². The zero-order valence-corrected chi connectivity index (χ0v) is 18.1. The highest BCUT2D eigenvalue weighted by atomic mass is 32.2. The molecular weight excluding hydrogens is 434 g/mol. The molecule has 0 fully saturated rings. The van der Waals surface area contributed by atoms with Gasteiger partial charge in [0.25, 0.3) is 11.8 Å². The number of rotatable bonds is 10. The second-order valence-corrected chi connectivity index (χ2v) is 8.42. The molecule has 2 amide bonds. The van der Waals surface area contributed by atoms with E-state index < -0.39 is 15.9 Å². The van der Waals surface area contributed by atoms with Crippen LogP contribution in [0, 0.1) is 0 Å². The Labute approximate surface area is 185 Å². The SMILES string of the molecule is CCNC(=O)COc1ccc(NC(=O)c2ccc(S(=O)(=O)NCc3ccco3)cc2)cc1. The van der Waals surface area contributed by atoms with E-state index in [1.807, 2.05) is 6.92 Å². The van der Waals surface area contributed by atoms with Gasteiger partial charge in [-0.15, -0.1) is 0 Å². The maximum Gasteiger partial charge on any atom is 0.257 e. The Kier molecular flexibility index (Phi) is 7.63. The third-order valence-corrected chi connectivity index (χ3v) is 5.72. The largest absolute Gasteiger partial charge is 0.484 e. The molecule has 1 aromatic heterocycles. The van der Waals surface area contributed by atoms with E-state index in [1.165, 1.54) is 30.5 Å². The summed E-state index contributed by atoms with van der Waals surface area (Å²) >= 11 is 0. The van der Waals surface area contributed by atoms with Crippen LogP contribution in [0.4, 0.5) is 5.69 Å². The lowest BCUT2D eigenvalue weighted by atomic mass is 10.2. The number of nitrogens with one attached hydrogen (secondary N) is 3. The number of likely N-dealkylation sites (N-methyl/N-ethyl adjacent to an activating group) is 1. The van der Waals surface area contributed by atoms with E-state index in [2.05, 4.69) is 15.4 Å². The molecule has 3 rings (SSSR count). The normalized spacial score (nSPS) is 11.0. The van der Waals surface area contributed by atoms with Crippen molar-refractivity contribution < 1.29 is 27.2 Å². The number of carbonyl (C=O) groups is 2. The Morgan fingerprint density at radius 1 is 1.00 bits per heavy atom. The van der Waals surface area contributed by atoms with Crippen LogP contribution in [0.2, 0.25) is 0 Å². The number of sulfonamides is 1. The van der Waals surface area contributed by atoms with Crippen LogP contribution in [0.3, 0.4) is 0 Å². The summed E-state index contributed by atoms with van der Waals surface area (Å²) in [4.78, 5) is 23.9. The molecule has 0 radical (unpaired) electrons. The lowest BCUT2D eigenvalue weighted by molar-refractivity contribution is -0.122. The first-order valence-corrected chi connectivity index (χ1v) is 11.3. The van der Waals surface area contributed by atoms with Crippen LogP contribution < -0.4 is 20.1 Å². The van der Waals surface area contributed by atoms with Gasteiger partial charge in [-0.05, 0) is 67.6 Å². The van der Waals surface area contributed by atoms with E-state index in [-0.39, 0.29) is 24.0 Å². The fourth-order valence-corrected chi connectivity index (χ4v) is 3.68. The van der Waals surface area contributed by atoms with Crippen molar-refractivity contribution in [3.8, 4) is 5.75 Å². The molecule has 168 valence electrons. The molecule has 0 unspecified atom stereocenters. The first-order chi connectivity index (χ1) is 15.4. The van der Waals surface area contributed by atoms with Crippen LogP contribution in [0.15, 0.2) is 76.2 Å². The van der Waals surface area contributed by atoms with Crippen LogP contribution >= 0.6 is 0 Å². The Hall–Kier alpha value is -3.63. The van der Waals surface area contributed by atoms with Gasteiger partial charge >= 0.3 is 0 Å². The van der Waals surface area contributed by atoms with Crippen LogP contribution in [-0.4, -0.2) is 33.4 Å². The second-order valence-electron chi connectivity index (χ2n) is 6.65. The highest BCUT2D eigenvalue weighted by Gasteiger charge is 2.15. The minimum Gasteiger partial charge on any atom is -0.484 e. The summed E-state index contributed by atoms with van der Waals surface area (Å²) in [7, 11) is -3.74. The quantitative estimate of drug-likeness (QED) is 0.429. The first-order valence-electron chi connectivity index (χ1n) is 9.80. The van der Waals surface area contributed by atoms with Crippen molar-refractivity contribution in [2.24, 2.45) is 0 Å². The Bertz CT molecular complexity index is 1140. The molecule has 3 N–H and O–H groups in total. The van der Waals surface area contributed by atoms with E-state index in [0.29, 0.717) is 29.3 Å². The molecule has 2 aromatic carbocycles. The molecule has 0 aliphatic carbocycles. The summed E-state index contributed by atoms with van der Waals surface area (Å²) in [6, 6.07) is 15.5. The smallest absolute Gasteiger partial charge is 0.257 e. The molecule has 32 heavy (non-hydrogen) atoms. The number of amides is 2. The lowest BCUT2D eigenvalue weighted by Crippen LogP contribution is -2.28. The van der Waals surface area contributed by atoms with E-state index in [1.54, 1.807) is 36.4 Å². The predicted molar refractivity (Wildman–Crippen MR) is 118 cm³/mol. The summed E-state index contributed by atoms with van der Waals surface area (Å²) < 4.78 is 37.7. The van der Waals surface area contributed by atoms with Gasteiger partial charge in [-0.1, -0.05) is 0 Å². The lowest BCUT2D eigenvalue weighted by Gasteiger charge is -2.09. The third-order valence-electron chi connectivity index (χ3n) is 4.30. The van der Waals surface area contributed by atoms with Gasteiger partial charge in [0.1, 0.15) is 11.5 Å². The molecule has 9 nitrogen and oxygen atoms in total. The molecule has 0 spiro atoms. The van der Waals surface area contributed by atoms with Gasteiger partial charge in [-0.3, -0.25) is 9.59 Å². The maximum absolute atomic E-state index is 12.5. The third kappa shape index (κ3) is 6.43. The second kappa shape index (κ2) is 10.6. The number of furan rings is 1. The highest BCUT2D eigenvalue weighted by molar-refractivity contribution is 7.89. The summed E-state index contributed by atoms with van der Waals surface area (Å²) in [5.41, 5.74) is 0.823. The average Bonchev–Trinajstić information content (AvgIpc) is 3.31. The minimum absolute atomic E-state index is 0.0283. The van der Waals surface area contributed by atoms with Crippen molar-refractivity contribution in [3.63, 3.8) is 0 Å². The highest BCUT2D eigenvalue weighted by Crippen LogP contribution is 2.17. The Morgan fingerprint density at radius 3 is 2.34 bits per heavy atom. The van der Waals surface area contributed by atoms with Gasteiger partial charge in [0.05, 0.1) is 17.7 Å². The average molecular weight is 458 g/mol. The van der Waals surface area contributed by atoms with E-state index >= 15 is 0 Å².